The quantitative estimate of drug-likeness (QED) is 0.365. The van der Waals surface area contributed by atoms with Gasteiger partial charge in [-0.2, -0.15) is 0 Å². The van der Waals surface area contributed by atoms with Gasteiger partial charge in [-0.1, -0.05) is 71.4 Å². The highest BCUT2D eigenvalue weighted by Crippen LogP contribution is 2.28. The van der Waals surface area contributed by atoms with Crippen LogP contribution in [0.15, 0.2) is 81.3 Å². The van der Waals surface area contributed by atoms with Gasteiger partial charge in [0.1, 0.15) is 0 Å². The van der Waals surface area contributed by atoms with E-state index in [1.54, 1.807) is 22.9 Å². The molecule has 4 aromatic rings. The molecule has 0 aliphatic carbocycles. The van der Waals surface area contributed by atoms with Gasteiger partial charge in [-0.15, -0.1) is 10.2 Å². The molecule has 0 spiro atoms. The van der Waals surface area contributed by atoms with Gasteiger partial charge in [-0.3, -0.25) is 4.79 Å². The summed E-state index contributed by atoms with van der Waals surface area (Å²) >= 11 is 13.4. The molecular weight excluding hydrogens is 429 g/mol. The first-order valence-electron chi connectivity index (χ1n) is 8.73. The molecule has 4 rings (SSSR count). The third kappa shape index (κ3) is 4.90. The Kier molecular flexibility index (Phi) is 6.04. The van der Waals surface area contributed by atoms with Gasteiger partial charge in [-0.25, -0.2) is 0 Å². The van der Waals surface area contributed by atoms with E-state index in [1.807, 2.05) is 42.5 Å². The van der Waals surface area contributed by atoms with Crippen molar-refractivity contribution in [3.63, 3.8) is 0 Å². The Labute approximate surface area is 181 Å². The molecule has 8 heteroatoms. The van der Waals surface area contributed by atoms with Crippen LogP contribution in [-0.2, 0) is 12.3 Å². The van der Waals surface area contributed by atoms with Gasteiger partial charge in [0.05, 0.1) is 22.2 Å². The SMILES string of the molecule is O=c1ccc(-c2nnc(SCc3ccc(Cl)c(Cl)c3)o2)cn1Cc1ccccc1. The van der Waals surface area contributed by atoms with Crippen molar-refractivity contribution in [1.29, 1.82) is 0 Å². The van der Waals surface area contributed by atoms with Crippen molar-refractivity contribution in [1.82, 2.24) is 14.8 Å². The zero-order valence-corrected chi connectivity index (χ0v) is 17.4. The van der Waals surface area contributed by atoms with Crippen molar-refractivity contribution >= 4 is 35.0 Å². The topological polar surface area (TPSA) is 60.9 Å². The van der Waals surface area contributed by atoms with Crippen LogP contribution in [0.1, 0.15) is 11.1 Å². The lowest BCUT2D eigenvalue weighted by Crippen LogP contribution is -2.19. The first-order valence-corrected chi connectivity index (χ1v) is 10.5. The van der Waals surface area contributed by atoms with Crippen LogP contribution >= 0.6 is 35.0 Å². The number of rotatable bonds is 6. The molecule has 0 aliphatic rings. The number of thioether (sulfide) groups is 1. The average Bonchev–Trinajstić information content (AvgIpc) is 3.20. The third-order valence-electron chi connectivity index (χ3n) is 4.18. The van der Waals surface area contributed by atoms with Gasteiger partial charge >= 0.3 is 0 Å². The molecule has 0 bridgehead atoms. The van der Waals surface area contributed by atoms with Crippen LogP contribution in [0.2, 0.25) is 10.0 Å². The molecule has 5 nitrogen and oxygen atoms in total. The van der Waals surface area contributed by atoms with E-state index in [9.17, 15) is 4.79 Å². The lowest BCUT2D eigenvalue weighted by atomic mass is 10.2. The number of benzene rings is 2. The van der Waals surface area contributed by atoms with Crippen LogP contribution in [0.4, 0.5) is 0 Å². The maximum atomic E-state index is 12.2. The molecule has 0 fully saturated rings. The minimum absolute atomic E-state index is 0.0914. The smallest absolute Gasteiger partial charge is 0.277 e. The van der Waals surface area contributed by atoms with Crippen molar-refractivity contribution in [2.75, 3.05) is 0 Å². The van der Waals surface area contributed by atoms with E-state index in [2.05, 4.69) is 10.2 Å². The summed E-state index contributed by atoms with van der Waals surface area (Å²) in [6.07, 6.45) is 1.73. The number of halogens is 2. The van der Waals surface area contributed by atoms with Crippen LogP contribution in [0.3, 0.4) is 0 Å². The van der Waals surface area contributed by atoms with Crippen LogP contribution in [0, 0.1) is 0 Å². The molecule has 2 aromatic carbocycles. The van der Waals surface area contributed by atoms with Gasteiger partial charge in [0.25, 0.3) is 10.8 Å². The molecule has 0 aliphatic heterocycles. The molecular formula is C21H15Cl2N3O2S. The van der Waals surface area contributed by atoms with Gasteiger partial charge in [0, 0.05) is 18.0 Å². The molecule has 0 saturated heterocycles. The molecule has 2 aromatic heterocycles. The molecule has 0 radical (unpaired) electrons. The molecule has 29 heavy (non-hydrogen) atoms. The normalized spacial score (nSPS) is 11.0. The Bertz CT molecular complexity index is 1190. The summed E-state index contributed by atoms with van der Waals surface area (Å²) in [6.45, 7) is 0.473. The van der Waals surface area contributed by atoms with Crippen molar-refractivity contribution in [3.05, 3.63) is 98.4 Å². The first kappa shape index (κ1) is 19.8. The summed E-state index contributed by atoms with van der Waals surface area (Å²) in [6, 6.07) is 18.4. The summed E-state index contributed by atoms with van der Waals surface area (Å²) in [5.74, 6) is 0.981. The molecule has 0 saturated carbocycles. The highest BCUT2D eigenvalue weighted by Gasteiger charge is 2.11. The van der Waals surface area contributed by atoms with E-state index < -0.39 is 0 Å². The third-order valence-corrected chi connectivity index (χ3v) is 5.81. The van der Waals surface area contributed by atoms with Crippen LogP contribution in [0.25, 0.3) is 11.5 Å². The van der Waals surface area contributed by atoms with Crippen molar-refractivity contribution < 1.29 is 4.42 Å². The first-order chi connectivity index (χ1) is 14.1. The fraction of sp³-hybridized carbons (Fsp3) is 0.0952. The Morgan fingerprint density at radius 2 is 1.76 bits per heavy atom. The van der Waals surface area contributed by atoms with Crippen LogP contribution in [-0.4, -0.2) is 14.8 Å². The summed E-state index contributed by atoms with van der Waals surface area (Å²) < 4.78 is 7.38. The predicted molar refractivity (Wildman–Crippen MR) is 116 cm³/mol. The molecule has 2 heterocycles. The average molecular weight is 444 g/mol. The lowest BCUT2D eigenvalue weighted by Gasteiger charge is -2.06. The minimum Gasteiger partial charge on any atom is -0.411 e. The van der Waals surface area contributed by atoms with E-state index in [4.69, 9.17) is 27.6 Å². The number of aromatic nitrogens is 3. The van der Waals surface area contributed by atoms with E-state index in [-0.39, 0.29) is 5.56 Å². The molecule has 0 amide bonds. The molecule has 0 N–H and O–H groups in total. The standard InChI is InChI=1S/C21H15Cl2N3O2S/c22-17-8-6-15(10-18(17)23)13-29-21-25-24-20(28-21)16-7-9-19(27)26(12-16)11-14-4-2-1-3-5-14/h1-10,12H,11,13H2. The summed E-state index contributed by atoms with van der Waals surface area (Å²) in [5, 5.41) is 9.66. The largest absolute Gasteiger partial charge is 0.411 e. The number of pyridine rings is 1. The summed E-state index contributed by atoms with van der Waals surface area (Å²) in [7, 11) is 0. The predicted octanol–water partition coefficient (Wildman–Crippen LogP) is 5.55. The zero-order valence-electron chi connectivity index (χ0n) is 15.1. The van der Waals surface area contributed by atoms with Crippen LogP contribution < -0.4 is 5.56 Å². The second kappa shape index (κ2) is 8.86. The fourth-order valence-electron chi connectivity index (χ4n) is 2.72. The Balaban J connectivity index is 1.49. The zero-order chi connectivity index (χ0) is 20.2. The maximum absolute atomic E-state index is 12.2. The van der Waals surface area contributed by atoms with Gasteiger partial charge in [0.2, 0.25) is 5.89 Å². The summed E-state index contributed by atoms with van der Waals surface area (Å²) in [5.41, 5.74) is 2.64. The number of hydrogen-bond donors (Lipinski definition) is 0. The van der Waals surface area contributed by atoms with Crippen LogP contribution in [0.5, 0.6) is 0 Å². The minimum atomic E-state index is -0.0914. The van der Waals surface area contributed by atoms with Gasteiger partial charge in [0.15, 0.2) is 0 Å². The Morgan fingerprint density at radius 1 is 0.931 bits per heavy atom. The number of hydrogen-bond acceptors (Lipinski definition) is 5. The van der Waals surface area contributed by atoms with E-state index in [0.29, 0.717) is 39.0 Å². The van der Waals surface area contributed by atoms with E-state index in [1.165, 1.54) is 17.8 Å². The molecule has 0 unspecified atom stereocenters. The second-order valence-electron chi connectivity index (χ2n) is 6.28. The van der Waals surface area contributed by atoms with Crippen molar-refractivity contribution in [2.24, 2.45) is 0 Å². The van der Waals surface area contributed by atoms with Crippen molar-refractivity contribution in [3.8, 4) is 11.5 Å². The lowest BCUT2D eigenvalue weighted by molar-refractivity contribution is 0.465. The van der Waals surface area contributed by atoms with E-state index >= 15 is 0 Å². The Hall–Kier alpha value is -2.54. The fourth-order valence-corrected chi connectivity index (χ4v) is 3.75. The van der Waals surface area contributed by atoms with Crippen molar-refractivity contribution in [2.45, 2.75) is 17.5 Å². The maximum Gasteiger partial charge on any atom is 0.277 e. The molecule has 0 atom stereocenters. The van der Waals surface area contributed by atoms with E-state index in [0.717, 1.165) is 11.1 Å². The monoisotopic (exact) mass is 443 g/mol. The van der Waals surface area contributed by atoms with Gasteiger partial charge < -0.3 is 8.98 Å². The van der Waals surface area contributed by atoms with Gasteiger partial charge in [-0.05, 0) is 29.3 Å². The highest BCUT2D eigenvalue weighted by molar-refractivity contribution is 7.98. The second-order valence-corrected chi connectivity index (χ2v) is 8.02. The summed E-state index contributed by atoms with van der Waals surface area (Å²) in [4.78, 5) is 12.2. The number of nitrogens with zero attached hydrogens (tertiary/aromatic N) is 3. The Morgan fingerprint density at radius 3 is 2.55 bits per heavy atom. The highest BCUT2D eigenvalue weighted by atomic mass is 35.5. The molecule has 146 valence electrons.